The second kappa shape index (κ2) is 8.63. The molecule has 2 aliphatic rings. The fourth-order valence-corrected chi connectivity index (χ4v) is 5.48. The third kappa shape index (κ3) is 5.42. The summed E-state index contributed by atoms with van der Waals surface area (Å²) in [6.07, 6.45) is -0.591. The van der Waals surface area contributed by atoms with Crippen molar-refractivity contribution < 1.29 is 27.9 Å². The first kappa shape index (κ1) is 21.5. The van der Waals surface area contributed by atoms with Crippen molar-refractivity contribution in [2.24, 2.45) is 0 Å². The second-order valence-electron chi connectivity index (χ2n) is 7.07. The average Bonchev–Trinajstić information content (AvgIpc) is 3.07. The number of carbonyl (C=O) groups is 3. The van der Waals surface area contributed by atoms with Gasteiger partial charge < -0.3 is 25.5 Å². The van der Waals surface area contributed by atoms with E-state index in [1.54, 1.807) is 0 Å². The summed E-state index contributed by atoms with van der Waals surface area (Å²) in [7, 11) is -1.20. The molecule has 3 amide bonds. The molecule has 160 valence electrons. The summed E-state index contributed by atoms with van der Waals surface area (Å²) in [5.74, 6) is -1.39. The van der Waals surface area contributed by atoms with Crippen LogP contribution in [0.1, 0.15) is 20.4 Å². The van der Waals surface area contributed by atoms with E-state index in [9.17, 15) is 22.8 Å². The van der Waals surface area contributed by atoms with Gasteiger partial charge in [-0.15, -0.1) is 11.3 Å². The van der Waals surface area contributed by atoms with Gasteiger partial charge in [-0.3, -0.25) is 9.59 Å². The summed E-state index contributed by atoms with van der Waals surface area (Å²) in [6, 6.07) is -1.15. The van der Waals surface area contributed by atoms with Crippen LogP contribution in [-0.2, 0) is 27.6 Å². The lowest BCUT2D eigenvalue weighted by Crippen LogP contribution is -2.56. The summed E-state index contributed by atoms with van der Waals surface area (Å²) in [5.41, 5.74) is 0.867. The first-order chi connectivity index (χ1) is 13.6. The quantitative estimate of drug-likeness (QED) is 0.509. The highest BCUT2D eigenvalue weighted by Gasteiger charge is 2.32. The zero-order chi connectivity index (χ0) is 21.2. The summed E-state index contributed by atoms with van der Waals surface area (Å²) >= 11 is 1.25. The van der Waals surface area contributed by atoms with Gasteiger partial charge in [0, 0.05) is 37.5 Å². The highest BCUT2D eigenvalue weighted by Crippen LogP contribution is 2.24. The number of amides is 3. The van der Waals surface area contributed by atoms with Crippen molar-refractivity contribution in [3.8, 4) is 0 Å². The Kier molecular flexibility index (Phi) is 6.39. The molecule has 0 radical (unpaired) electrons. The summed E-state index contributed by atoms with van der Waals surface area (Å²) in [4.78, 5) is 45.1. The molecule has 1 atom stereocenters. The van der Waals surface area contributed by atoms with E-state index in [0.29, 0.717) is 6.54 Å². The molecule has 0 saturated carbocycles. The molecule has 1 unspecified atom stereocenters. The number of sulfone groups is 1. The molecule has 3 heterocycles. The van der Waals surface area contributed by atoms with Gasteiger partial charge >= 0.3 is 6.09 Å². The Bertz CT molecular complexity index is 901. The number of hydrogen-bond donors (Lipinski definition) is 3. The third-order valence-electron chi connectivity index (χ3n) is 4.83. The van der Waals surface area contributed by atoms with Crippen LogP contribution in [-0.4, -0.2) is 97.0 Å². The first-order valence-corrected chi connectivity index (χ1v) is 11.7. The molecule has 13 heteroatoms. The molecular formula is C16H23N5O6S2. The van der Waals surface area contributed by atoms with Crippen LogP contribution in [0.15, 0.2) is 0 Å². The van der Waals surface area contributed by atoms with Crippen LogP contribution < -0.4 is 10.6 Å². The predicted molar refractivity (Wildman–Crippen MR) is 105 cm³/mol. The molecule has 11 nitrogen and oxygen atoms in total. The van der Waals surface area contributed by atoms with Gasteiger partial charge in [0.15, 0.2) is 14.8 Å². The topological polar surface area (TPSA) is 149 Å². The Morgan fingerprint density at radius 2 is 1.93 bits per heavy atom. The van der Waals surface area contributed by atoms with Crippen molar-refractivity contribution in [2.45, 2.75) is 19.0 Å². The molecule has 0 aliphatic carbocycles. The average molecular weight is 446 g/mol. The highest BCUT2D eigenvalue weighted by molar-refractivity contribution is 7.91. The number of aromatic nitrogens is 1. The number of thiazole rings is 1. The maximum Gasteiger partial charge on any atom is 0.404 e. The number of likely N-dealkylation sites (N-methyl/N-ethyl adjacent to an activating group) is 1. The lowest BCUT2D eigenvalue weighted by molar-refractivity contribution is -0.132. The molecule has 0 spiro atoms. The zero-order valence-corrected chi connectivity index (χ0v) is 17.5. The van der Waals surface area contributed by atoms with E-state index >= 15 is 0 Å². The molecular weight excluding hydrogens is 422 g/mol. The number of carboxylic acid groups (broad SMARTS) is 1. The fourth-order valence-electron chi connectivity index (χ4n) is 3.18. The van der Waals surface area contributed by atoms with Gasteiger partial charge in [-0.25, -0.2) is 18.2 Å². The summed E-state index contributed by atoms with van der Waals surface area (Å²) in [6.45, 7) is 1.25. The van der Waals surface area contributed by atoms with Gasteiger partial charge in [0.2, 0.25) is 5.91 Å². The van der Waals surface area contributed by atoms with Crippen LogP contribution in [0.2, 0.25) is 0 Å². The Labute approximate surface area is 172 Å². The minimum absolute atomic E-state index is 0.0124. The number of nitrogens with zero attached hydrogens (tertiary/aromatic N) is 3. The van der Waals surface area contributed by atoms with Crippen molar-refractivity contribution in [3.63, 3.8) is 0 Å². The van der Waals surface area contributed by atoms with E-state index in [-0.39, 0.29) is 36.1 Å². The number of hydrogen-bond acceptors (Lipinski definition) is 8. The molecule has 1 aromatic heterocycles. The van der Waals surface area contributed by atoms with Crippen molar-refractivity contribution in [1.29, 1.82) is 0 Å². The summed E-state index contributed by atoms with van der Waals surface area (Å²) < 4.78 is 23.2. The molecule has 3 rings (SSSR count). The fraction of sp³-hybridized carbons (Fsp3) is 0.625. The Morgan fingerprint density at radius 1 is 1.24 bits per heavy atom. The lowest BCUT2D eigenvalue weighted by Gasteiger charge is -2.30. The molecule has 29 heavy (non-hydrogen) atoms. The minimum atomic E-state index is -3.18. The smallest absolute Gasteiger partial charge is 0.404 e. The van der Waals surface area contributed by atoms with E-state index in [1.165, 1.54) is 16.2 Å². The van der Waals surface area contributed by atoms with Gasteiger partial charge in [0.25, 0.3) is 5.91 Å². The standard InChI is InChI=1S/C16H23N5O6S2/c1-20-3-2-10-12(9-20)28-14(19-10)13(22)18-11(8-17-16(24)25)15(23)21-4-6-29(26,27)7-5-21/h11,17H,2-9H2,1H3,(H,18,22)(H,24,25). The molecule has 0 bridgehead atoms. The first-order valence-electron chi connectivity index (χ1n) is 9.08. The largest absolute Gasteiger partial charge is 0.465 e. The zero-order valence-electron chi connectivity index (χ0n) is 15.9. The normalized spacial score (nSPS) is 19.8. The van der Waals surface area contributed by atoms with E-state index in [2.05, 4.69) is 20.5 Å². The molecule has 1 saturated heterocycles. The number of carbonyl (C=O) groups excluding carboxylic acids is 2. The minimum Gasteiger partial charge on any atom is -0.465 e. The highest BCUT2D eigenvalue weighted by atomic mass is 32.2. The third-order valence-corrected chi connectivity index (χ3v) is 7.52. The SMILES string of the molecule is CN1CCc2nc(C(=O)NC(CNC(=O)O)C(=O)N3CCS(=O)(=O)CC3)sc2C1. The van der Waals surface area contributed by atoms with E-state index in [0.717, 1.165) is 23.5 Å². The number of nitrogens with one attached hydrogen (secondary N) is 2. The van der Waals surface area contributed by atoms with Gasteiger partial charge in [-0.1, -0.05) is 0 Å². The summed E-state index contributed by atoms with van der Waals surface area (Å²) in [5, 5.41) is 13.8. The monoisotopic (exact) mass is 445 g/mol. The second-order valence-corrected chi connectivity index (χ2v) is 10.5. The molecule has 1 aromatic rings. The number of fused-ring (bicyclic) bond motifs is 1. The van der Waals surface area contributed by atoms with Gasteiger partial charge in [0.1, 0.15) is 6.04 Å². The molecule has 0 aromatic carbocycles. The molecule has 1 fully saturated rings. The Hall–Kier alpha value is -2.25. The van der Waals surface area contributed by atoms with E-state index in [4.69, 9.17) is 5.11 Å². The molecule has 2 aliphatic heterocycles. The van der Waals surface area contributed by atoms with Gasteiger partial charge in [0.05, 0.1) is 23.7 Å². The van der Waals surface area contributed by atoms with Crippen LogP contribution in [0, 0.1) is 0 Å². The number of rotatable bonds is 5. The van der Waals surface area contributed by atoms with Crippen molar-refractivity contribution in [1.82, 2.24) is 25.4 Å². The van der Waals surface area contributed by atoms with Crippen LogP contribution in [0.25, 0.3) is 0 Å². The predicted octanol–water partition coefficient (Wildman–Crippen LogP) is -1.25. The van der Waals surface area contributed by atoms with Crippen LogP contribution in [0.3, 0.4) is 0 Å². The van der Waals surface area contributed by atoms with Crippen molar-refractivity contribution in [2.75, 3.05) is 44.7 Å². The lowest BCUT2D eigenvalue weighted by atomic mass is 10.2. The van der Waals surface area contributed by atoms with Crippen LogP contribution in [0.5, 0.6) is 0 Å². The van der Waals surface area contributed by atoms with Crippen LogP contribution >= 0.6 is 11.3 Å². The van der Waals surface area contributed by atoms with Gasteiger partial charge in [-0.05, 0) is 7.05 Å². The Morgan fingerprint density at radius 3 is 2.59 bits per heavy atom. The Balaban J connectivity index is 1.70. The van der Waals surface area contributed by atoms with Crippen molar-refractivity contribution >= 4 is 39.1 Å². The van der Waals surface area contributed by atoms with Crippen molar-refractivity contribution in [3.05, 3.63) is 15.6 Å². The van der Waals surface area contributed by atoms with E-state index < -0.39 is 33.8 Å². The maximum atomic E-state index is 12.8. The molecule has 3 N–H and O–H groups in total. The van der Waals surface area contributed by atoms with E-state index in [1.807, 2.05) is 7.05 Å². The maximum absolute atomic E-state index is 12.8. The van der Waals surface area contributed by atoms with Crippen LogP contribution in [0.4, 0.5) is 4.79 Å². The van der Waals surface area contributed by atoms with Gasteiger partial charge in [-0.2, -0.15) is 0 Å².